The lowest BCUT2D eigenvalue weighted by molar-refractivity contribution is 0.00794. The molecular formula is C16H27OP. The van der Waals surface area contributed by atoms with Crippen molar-refractivity contribution >= 4 is 7.92 Å². The molecule has 0 N–H and O–H groups in total. The van der Waals surface area contributed by atoms with Gasteiger partial charge in [-0.3, -0.25) is 0 Å². The fourth-order valence-corrected chi connectivity index (χ4v) is 4.86. The minimum absolute atomic E-state index is 0.107. The summed E-state index contributed by atoms with van der Waals surface area (Å²) in [6.07, 6.45) is 11.5. The summed E-state index contributed by atoms with van der Waals surface area (Å²) in [4.78, 5) is 0. The maximum Gasteiger partial charge on any atom is 0.107 e. The largest absolute Gasteiger partial charge is 0.370 e. The third-order valence-electron chi connectivity index (χ3n) is 4.36. The van der Waals surface area contributed by atoms with E-state index in [1.54, 1.807) is 0 Å². The van der Waals surface area contributed by atoms with Crippen molar-refractivity contribution in [3.05, 3.63) is 23.8 Å². The maximum atomic E-state index is 5.92. The van der Waals surface area contributed by atoms with Crippen molar-refractivity contribution in [2.75, 3.05) is 7.11 Å². The number of ether oxygens (including phenoxy) is 1. The maximum absolute atomic E-state index is 5.92. The van der Waals surface area contributed by atoms with E-state index in [1.807, 2.05) is 7.11 Å². The van der Waals surface area contributed by atoms with E-state index in [0.717, 1.165) is 0 Å². The summed E-state index contributed by atoms with van der Waals surface area (Å²) in [5.74, 6) is 5.53. The van der Waals surface area contributed by atoms with E-state index in [9.17, 15) is 0 Å². The average molecular weight is 266 g/mol. The van der Waals surface area contributed by atoms with Gasteiger partial charge in [0.15, 0.2) is 0 Å². The average Bonchev–Trinajstić information content (AvgIpc) is 2.39. The van der Waals surface area contributed by atoms with Gasteiger partial charge in [0, 0.05) is 7.11 Å². The minimum atomic E-state index is -0.139. The Morgan fingerprint density at radius 3 is 2.06 bits per heavy atom. The number of methoxy groups -OCH3 is 1. The molecule has 18 heavy (non-hydrogen) atoms. The monoisotopic (exact) mass is 266 g/mol. The molecule has 0 atom stereocenters. The molecule has 1 heterocycles. The Kier molecular flexibility index (Phi) is 4.34. The minimum Gasteiger partial charge on any atom is -0.370 e. The van der Waals surface area contributed by atoms with Crippen molar-refractivity contribution in [1.29, 1.82) is 0 Å². The molecule has 0 bridgehead atoms. The van der Waals surface area contributed by atoms with Crippen LogP contribution < -0.4 is 0 Å². The first kappa shape index (κ1) is 14.3. The highest BCUT2D eigenvalue weighted by molar-refractivity contribution is 7.65. The van der Waals surface area contributed by atoms with Gasteiger partial charge in [-0.25, -0.2) is 0 Å². The van der Waals surface area contributed by atoms with Gasteiger partial charge in [-0.15, -0.1) is 0 Å². The lowest BCUT2D eigenvalue weighted by atomic mass is 9.76. The van der Waals surface area contributed by atoms with Crippen LogP contribution in [0, 0.1) is 5.92 Å². The summed E-state index contributed by atoms with van der Waals surface area (Å²) in [5.41, 5.74) is -0.107. The highest BCUT2D eigenvalue weighted by atomic mass is 31.1. The zero-order valence-electron chi connectivity index (χ0n) is 12.3. The Morgan fingerprint density at radius 1 is 1.06 bits per heavy atom. The van der Waals surface area contributed by atoms with E-state index in [2.05, 4.69) is 44.6 Å². The standard InChI is InChI=1S/C16H27OP/c1-15(2,3)18-12-10-16(17-4,11-13-18)14-8-6-5-7-9-14/h10-14H,5-9H2,1-4H3. The zero-order chi connectivity index (χ0) is 13.2. The molecule has 0 radical (unpaired) electrons. The smallest absolute Gasteiger partial charge is 0.107 e. The van der Waals surface area contributed by atoms with Gasteiger partial charge in [-0.2, -0.15) is 0 Å². The van der Waals surface area contributed by atoms with Crippen LogP contribution in [0.5, 0.6) is 0 Å². The first-order valence-corrected chi connectivity index (χ1v) is 8.68. The summed E-state index contributed by atoms with van der Waals surface area (Å²) in [6, 6.07) is 0. The van der Waals surface area contributed by atoms with Gasteiger partial charge < -0.3 is 4.74 Å². The molecule has 0 unspecified atom stereocenters. The topological polar surface area (TPSA) is 9.23 Å². The van der Waals surface area contributed by atoms with Crippen molar-refractivity contribution in [1.82, 2.24) is 0 Å². The molecule has 1 aliphatic heterocycles. The fraction of sp³-hybridized carbons (Fsp3) is 0.750. The van der Waals surface area contributed by atoms with Gasteiger partial charge in [0.25, 0.3) is 0 Å². The van der Waals surface area contributed by atoms with Crippen molar-refractivity contribution < 1.29 is 4.74 Å². The molecule has 1 fully saturated rings. The van der Waals surface area contributed by atoms with E-state index in [-0.39, 0.29) is 13.5 Å². The summed E-state index contributed by atoms with van der Waals surface area (Å²) >= 11 is 0. The van der Waals surface area contributed by atoms with Crippen LogP contribution in [0.2, 0.25) is 0 Å². The molecule has 0 aromatic carbocycles. The van der Waals surface area contributed by atoms with Crippen LogP contribution in [-0.4, -0.2) is 17.9 Å². The molecule has 1 aliphatic carbocycles. The molecular weight excluding hydrogens is 239 g/mol. The Hall–Kier alpha value is -0.130. The van der Waals surface area contributed by atoms with Crippen LogP contribution >= 0.6 is 7.92 Å². The summed E-state index contributed by atoms with van der Waals surface area (Å²) < 4.78 is 5.92. The van der Waals surface area contributed by atoms with Crippen LogP contribution in [0.4, 0.5) is 0 Å². The highest BCUT2D eigenvalue weighted by Gasteiger charge is 2.37. The van der Waals surface area contributed by atoms with Crippen molar-refractivity contribution in [2.45, 2.75) is 63.6 Å². The van der Waals surface area contributed by atoms with Crippen molar-refractivity contribution in [2.24, 2.45) is 5.92 Å². The van der Waals surface area contributed by atoms with Crippen LogP contribution in [0.3, 0.4) is 0 Å². The zero-order valence-corrected chi connectivity index (χ0v) is 13.2. The Bertz CT molecular complexity index is 317. The van der Waals surface area contributed by atoms with Gasteiger partial charge in [0.05, 0.1) is 0 Å². The predicted molar refractivity (Wildman–Crippen MR) is 81.3 cm³/mol. The first-order valence-electron chi connectivity index (χ1n) is 7.20. The number of hydrogen-bond donors (Lipinski definition) is 0. The molecule has 0 aromatic heterocycles. The Labute approximate surface area is 113 Å². The molecule has 2 rings (SSSR count). The van der Waals surface area contributed by atoms with Gasteiger partial charge in [0.1, 0.15) is 5.60 Å². The quantitative estimate of drug-likeness (QED) is 0.618. The highest BCUT2D eigenvalue weighted by Crippen LogP contribution is 2.56. The normalized spacial score (nSPS) is 33.9. The first-order chi connectivity index (χ1) is 8.48. The van der Waals surface area contributed by atoms with Crippen LogP contribution in [0.15, 0.2) is 23.8 Å². The second-order valence-corrected chi connectivity index (χ2v) is 9.35. The van der Waals surface area contributed by atoms with E-state index >= 15 is 0 Å². The number of hydrogen-bond acceptors (Lipinski definition) is 1. The number of rotatable bonds is 2. The lowest BCUT2D eigenvalue weighted by Gasteiger charge is -2.41. The van der Waals surface area contributed by atoms with Gasteiger partial charge in [-0.1, -0.05) is 59.6 Å². The summed E-state index contributed by atoms with van der Waals surface area (Å²) in [6.45, 7) is 6.98. The summed E-state index contributed by atoms with van der Waals surface area (Å²) in [7, 11) is 1.73. The van der Waals surface area contributed by atoms with Crippen LogP contribution in [-0.2, 0) is 4.74 Å². The third-order valence-corrected chi connectivity index (χ3v) is 6.85. The van der Waals surface area contributed by atoms with Gasteiger partial charge in [-0.05, 0) is 36.1 Å². The van der Waals surface area contributed by atoms with Crippen LogP contribution in [0.1, 0.15) is 52.9 Å². The molecule has 102 valence electrons. The molecule has 1 nitrogen and oxygen atoms in total. The Balaban J connectivity index is 2.14. The van der Waals surface area contributed by atoms with Crippen molar-refractivity contribution in [3.8, 4) is 0 Å². The van der Waals surface area contributed by atoms with E-state index in [0.29, 0.717) is 11.1 Å². The molecule has 0 amide bonds. The molecule has 2 heteroatoms. The second kappa shape index (κ2) is 5.47. The molecule has 0 saturated heterocycles. The lowest BCUT2D eigenvalue weighted by Crippen LogP contribution is -2.38. The van der Waals surface area contributed by atoms with E-state index < -0.39 is 0 Å². The molecule has 0 aromatic rings. The van der Waals surface area contributed by atoms with Gasteiger partial charge in [0.2, 0.25) is 0 Å². The second-order valence-electron chi connectivity index (χ2n) is 6.60. The van der Waals surface area contributed by atoms with E-state index in [1.165, 1.54) is 32.1 Å². The molecule has 1 saturated carbocycles. The van der Waals surface area contributed by atoms with Gasteiger partial charge >= 0.3 is 0 Å². The summed E-state index contributed by atoms with van der Waals surface area (Å²) in [5, 5.41) is 0.370. The molecule has 2 aliphatic rings. The fourth-order valence-electron chi connectivity index (χ4n) is 3.07. The Morgan fingerprint density at radius 2 is 1.61 bits per heavy atom. The van der Waals surface area contributed by atoms with E-state index in [4.69, 9.17) is 4.74 Å². The molecule has 0 spiro atoms. The predicted octanol–water partition coefficient (Wildman–Crippen LogP) is 5.27. The SMILES string of the molecule is COC1(C2CCCCC2)C=CP(C(C)(C)C)C=C1. The van der Waals surface area contributed by atoms with Crippen LogP contribution in [0.25, 0.3) is 0 Å². The van der Waals surface area contributed by atoms with Crippen molar-refractivity contribution in [3.63, 3.8) is 0 Å². The third kappa shape index (κ3) is 2.89.